The number of hydrogen-bond acceptors (Lipinski definition) is 4. The largest absolute Gasteiger partial charge is 0.478 e. The van der Waals surface area contributed by atoms with Crippen LogP contribution in [-0.4, -0.2) is 42.7 Å². The van der Waals surface area contributed by atoms with Gasteiger partial charge in [0.25, 0.3) is 0 Å². The van der Waals surface area contributed by atoms with Crippen LogP contribution in [0.25, 0.3) is 0 Å². The van der Waals surface area contributed by atoms with Crippen LogP contribution in [0.15, 0.2) is 18.3 Å². The summed E-state index contributed by atoms with van der Waals surface area (Å²) < 4.78 is 5.30. The van der Waals surface area contributed by atoms with Crippen molar-refractivity contribution in [2.75, 3.05) is 32.1 Å². The van der Waals surface area contributed by atoms with Gasteiger partial charge in [-0.3, -0.25) is 0 Å². The molecule has 4 heteroatoms. The second-order valence-corrected chi connectivity index (χ2v) is 4.21. The van der Waals surface area contributed by atoms with Crippen LogP contribution >= 0.6 is 0 Å². The monoisotopic (exact) mass is 221 g/mol. The first-order valence-electron chi connectivity index (χ1n) is 5.82. The lowest BCUT2D eigenvalue weighted by molar-refractivity contribution is 0.327. The smallest absolute Gasteiger partial charge is 0.213 e. The molecule has 2 heterocycles. The van der Waals surface area contributed by atoms with E-state index in [2.05, 4.69) is 22.2 Å². The first-order chi connectivity index (χ1) is 7.78. The number of likely N-dealkylation sites (tertiary alicyclic amines) is 1. The maximum atomic E-state index is 5.30. The summed E-state index contributed by atoms with van der Waals surface area (Å²) in [5, 5.41) is 3.48. The fourth-order valence-corrected chi connectivity index (χ4v) is 1.99. The van der Waals surface area contributed by atoms with E-state index in [0.717, 1.165) is 12.2 Å². The molecule has 1 aromatic heterocycles. The number of nitrogens with zero attached hydrogens (tertiary/aromatic N) is 2. The minimum absolute atomic E-state index is 0.546. The van der Waals surface area contributed by atoms with Crippen LogP contribution in [0.4, 0.5) is 5.69 Å². The van der Waals surface area contributed by atoms with Gasteiger partial charge in [0.15, 0.2) is 0 Å². The number of nitrogens with one attached hydrogen (secondary N) is 1. The predicted molar refractivity (Wildman–Crippen MR) is 64.9 cm³/mol. The molecular formula is C12H19N3O. The van der Waals surface area contributed by atoms with Crippen molar-refractivity contribution >= 4 is 5.69 Å². The zero-order valence-corrected chi connectivity index (χ0v) is 9.94. The Bertz CT molecular complexity index is 326. The van der Waals surface area contributed by atoms with Gasteiger partial charge in [0.05, 0.1) is 18.5 Å². The SMILES string of the molecule is CCOc1ccc(NC2CCN(C)C2)cn1. The van der Waals surface area contributed by atoms with Crippen LogP contribution in [0.2, 0.25) is 0 Å². The summed E-state index contributed by atoms with van der Waals surface area (Å²) in [7, 11) is 2.15. The Balaban J connectivity index is 1.89. The summed E-state index contributed by atoms with van der Waals surface area (Å²) in [6.45, 7) is 4.89. The molecule has 1 aliphatic rings. The van der Waals surface area contributed by atoms with Crippen LogP contribution in [-0.2, 0) is 0 Å². The molecule has 0 radical (unpaired) electrons. The number of anilines is 1. The first-order valence-corrected chi connectivity index (χ1v) is 5.82. The Labute approximate surface area is 96.6 Å². The molecule has 1 atom stereocenters. The molecule has 2 rings (SSSR count). The molecule has 88 valence electrons. The molecule has 0 saturated carbocycles. The van der Waals surface area contributed by atoms with Crippen molar-refractivity contribution in [2.24, 2.45) is 0 Å². The van der Waals surface area contributed by atoms with Gasteiger partial charge in [0.2, 0.25) is 5.88 Å². The summed E-state index contributed by atoms with van der Waals surface area (Å²) in [5.74, 6) is 0.691. The van der Waals surface area contributed by atoms with E-state index < -0.39 is 0 Å². The van der Waals surface area contributed by atoms with E-state index in [1.807, 2.05) is 25.3 Å². The standard InChI is InChI=1S/C12H19N3O/c1-3-16-12-5-4-10(8-13-12)14-11-6-7-15(2)9-11/h4-5,8,11,14H,3,6-7,9H2,1-2H3. The highest BCUT2D eigenvalue weighted by molar-refractivity contribution is 5.43. The molecule has 0 aliphatic carbocycles. The highest BCUT2D eigenvalue weighted by atomic mass is 16.5. The molecule has 16 heavy (non-hydrogen) atoms. The van der Waals surface area contributed by atoms with E-state index in [-0.39, 0.29) is 0 Å². The number of ether oxygens (including phenoxy) is 1. The van der Waals surface area contributed by atoms with Gasteiger partial charge in [-0.05, 0) is 33.0 Å². The Kier molecular flexibility index (Phi) is 3.62. The Morgan fingerprint density at radius 3 is 3.00 bits per heavy atom. The Hall–Kier alpha value is -1.29. The van der Waals surface area contributed by atoms with Gasteiger partial charge in [-0.15, -0.1) is 0 Å². The van der Waals surface area contributed by atoms with E-state index in [0.29, 0.717) is 18.5 Å². The summed E-state index contributed by atoms with van der Waals surface area (Å²) >= 11 is 0. The number of rotatable bonds is 4. The molecule has 4 nitrogen and oxygen atoms in total. The Morgan fingerprint density at radius 2 is 2.44 bits per heavy atom. The minimum atomic E-state index is 0.546. The second kappa shape index (κ2) is 5.16. The molecule has 1 aromatic rings. The van der Waals surface area contributed by atoms with Crippen LogP contribution in [0.3, 0.4) is 0 Å². The number of hydrogen-bond donors (Lipinski definition) is 1. The molecule has 1 N–H and O–H groups in total. The van der Waals surface area contributed by atoms with Gasteiger partial charge in [0.1, 0.15) is 0 Å². The summed E-state index contributed by atoms with van der Waals surface area (Å²) in [6, 6.07) is 4.48. The van der Waals surface area contributed by atoms with Crippen molar-refractivity contribution in [1.82, 2.24) is 9.88 Å². The zero-order valence-electron chi connectivity index (χ0n) is 9.94. The quantitative estimate of drug-likeness (QED) is 0.838. The van der Waals surface area contributed by atoms with E-state index in [4.69, 9.17) is 4.74 Å². The van der Waals surface area contributed by atoms with Gasteiger partial charge >= 0.3 is 0 Å². The average Bonchev–Trinajstić information content (AvgIpc) is 2.67. The lowest BCUT2D eigenvalue weighted by atomic mass is 10.2. The van der Waals surface area contributed by atoms with Crippen molar-refractivity contribution in [3.63, 3.8) is 0 Å². The summed E-state index contributed by atoms with van der Waals surface area (Å²) in [4.78, 5) is 6.56. The maximum absolute atomic E-state index is 5.30. The van der Waals surface area contributed by atoms with Crippen molar-refractivity contribution in [3.05, 3.63) is 18.3 Å². The highest BCUT2D eigenvalue weighted by Gasteiger charge is 2.18. The van der Waals surface area contributed by atoms with Crippen LogP contribution < -0.4 is 10.1 Å². The Morgan fingerprint density at radius 1 is 1.56 bits per heavy atom. The molecule has 0 spiro atoms. The van der Waals surface area contributed by atoms with E-state index in [9.17, 15) is 0 Å². The van der Waals surface area contributed by atoms with Crippen molar-refractivity contribution in [1.29, 1.82) is 0 Å². The summed E-state index contributed by atoms with van der Waals surface area (Å²) in [6.07, 6.45) is 3.03. The van der Waals surface area contributed by atoms with Crippen molar-refractivity contribution < 1.29 is 4.74 Å². The van der Waals surface area contributed by atoms with E-state index in [1.165, 1.54) is 13.0 Å². The van der Waals surface area contributed by atoms with Gasteiger partial charge in [-0.25, -0.2) is 4.98 Å². The lowest BCUT2D eigenvalue weighted by Gasteiger charge is -2.14. The van der Waals surface area contributed by atoms with Gasteiger partial charge in [-0.1, -0.05) is 0 Å². The van der Waals surface area contributed by atoms with Crippen molar-refractivity contribution in [3.8, 4) is 5.88 Å². The fourth-order valence-electron chi connectivity index (χ4n) is 1.99. The minimum Gasteiger partial charge on any atom is -0.478 e. The normalized spacial score (nSPS) is 21.0. The van der Waals surface area contributed by atoms with Crippen molar-refractivity contribution in [2.45, 2.75) is 19.4 Å². The average molecular weight is 221 g/mol. The molecule has 1 unspecified atom stereocenters. The van der Waals surface area contributed by atoms with Crippen LogP contribution in [0.5, 0.6) is 5.88 Å². The number of aromatic nitrogens is 1. The molecule has 1 aliphatic heterocycles. The van der Waals surface area contributed by atoms with Crippen LogP contribution in [0.1, 0.15) is 13.3 Å². The molecule has 1 saturated heterocycles. The molecule has 0 aromatic carbocycles. The third-order valence-electron chi connectivity index (χ3n) is 2.79. The molecular weight excluding hydrogens is 202 g/mol. The summed E-state index contributed by atoms with van der Waals surface area (Å²) in [5.41, 5.74) is 1.07. The third kappa shape index (κ3) is 2.85. The third-order valence-corrected chi connectivity index (χ3v) is 2.79. The molecule has 1 fully saturated rings. The van der Waals surface area contributed by atoms with Gasteiger partial charge in [-0.2, -0.15) is 0 Å². The maximum Gasteiger partial charge on any atom is 0.213 e. The van der Waals surface area contributed by atoms with E-state index in [1.54, 1.807) is 0 Å². The first kappa shape index (κ1) is 11.2. The highest BCUT2D eigenvalue weighted by Crippen LogP contribution is 2.16. The van der Waals surface area contributed by atoms with Crippen LogP contribution in [0, 0.1) is 0 Å². The van der Waals surface area contributed by atoms with Gasteiger partial charge < -0.3 is 15.0 Å². The topological polar surface area (TPSA) is 37.4 Å². The zero-order chi connectivity index (χ0) is 11.4. The second-order valence-electron chi connectivity index (χ2n) is 4.21. The lowest BCUT2D eigenvalue weighted by Crippen LogP contribution is -2.23. The number of pyridine rings is 1. The van der Waals surface area contributed by atoms with E-state index >= 15 is 0 Å². The van der Waals surface area contributed by atoms with Gasteiger partial charge in [0, 0.05) is 18.7 Å². The molecule has 0 amide bonds. The predicted octanol–water partition coefficient (Wildman–Crippen LogP) is 1.60. The fraction of sp³-hybridized carbons (Fsp3) is 0.583. The number of likely N-dealkylation sites (N-methyl/N-ethyl adjacent to an activating group) is 1. The molecule has 0 bridgehead atoms.